The fraction of sp³-hybridized carbons (Fsp3) is 0.533. The molecule has 1 aliphatic rings. The van der Waals surface area contributed by atoms with Crippen molar-refractivity contribution in [3.8, 4) is 0 Å². The Labute approximate surface area is 137 Å². The third kappa shape index (κ3) is 5.55. The predicted octanol–water partition coefficient (Wildman–Crippen LogP) is 2.47. The van der Waals surface area contributed by atoms with Crippen LogP contribution < -0.4 is 11.1 Å². The maximum absolute atomic E-state index is 5.83. The molecule has 1 atom stereocenters. The number of piperidine rings is 1. The van der Waals surface area contributed by atoms with Gasteiger partial charge in [0.15, 0.2) is 5.96 Å². The number of nitrogens with one attached hydrogen (secondary N) is 1. The number of nitrogens with zero attached hydrogens (tertiary/aromatic N) is 2. The topological polar surface area (TPSA) is 66.8 Å². The highest BCUT2D eigenvalue weighted by Gasteiger charge is 2.24. The number of nitrogens with two attached hydrogens (primary N) is 1. The van der Waals surface area contributed by atoms with E-state index in [1.165, 1.54) is 19.3 Å². The van der Waals surface area contributed by atoms with Crippen LogP contribution >= 0.6 is 17.0 Å². The van der Waals surface area contributed by atoms with Crippen LogP contribution in [-0.4, -0.2) is 37.0 Å². The first-order chi connectivity index (χ1) is 9.81. The summed E-state index contributed by atoms with van der Waals surface area (Å²) < 4.78 is 5.57. The number of aliphatic imine (C=N–C) groups is 1. The Morgan fingerprint density at radius 3 is 2.86 bits per heavy atom. The van der Waals surface area contributed by atoms with Gasteiger partial charge in [0.1, 0.15) is 5.76 Å². The van der Waals surface area contributed by atoms with Crippen molar-refractivity contribution in [1.29, 1.82) is 0 Å². The molecule has 0 spiro atoms. The molecule has 1 saturated heterocycles. The van der Waals surface area contributed by atoms with Gasteiger partial charge in [-0.1, -0.05) is 12.5 Å². The van der Waals surface area contributed by atoms with Gasteiger partial charge in [-0.05, 0) is 38.1 Å². The number of halogens is 1. The fourth-order valence-corrected chi connectivity index (χ4v) is 2.51. The lowest BCUT2D eigenvalue weighted by Crippen LogP contribution is -2.37. The molecule has 6 heteroatoms. The van der Waals surface area contributed by atoms with Gasteiger partial charge in [-0.15, -0.1) is 23.6 Å². The second-order valence-electron chi connectivity index (χ2n) is 5.02. The van der Waals surface area contributed by atoms with E-state index in [2.05, 4.69) is 21.8 Å². The summed E-state index contributed by atoms with van der Waals surface area (Å²) in [6, 6.07) is 4.12. The first-order valence-corrected chi connectivity index (χ1v) is 7.23. The average Bonchev–Trinajstić information content (AvgIpc) is 3.00. The Hall–Kier alpha value is -1.27. The van der Waals surface area contributed by atoms with E-state index in [9.17, 15) is 0 Å². The SMILES string of the molecule is Br.C=CCNC(N)=NCC(c1ccco1)N1CCCCC1. The first-order valence-electron chi connectivity index (χ1n) is 7.23. The molecule has 3 N–H and O–H groups in total. The van der Waals surface area contributed by atoms with Crippen LogP contribution in [0.1, 0.15) is 31.1 Å². The molecule has 0 aliphatic carbocycles. The monoisotopic (exact) mass is 356 g/mol. The molecule has 5 nitrogen and oxygen atoms in total. The van der Waals surface area contributed by atoms with Gasteiger partial charge in [0.2, 0.25) is 0 Å². The Kier molecular flexibility index (Phi) is 8.15. The zero-order chi connectivity index (χ0) is 14.2. The van der Waals surface area contributed by atoms with E-state index in [0.29, 0.717) is 19.0 Å². The molecule has 1 aromatic rings. The number of hydrogen-bond acceptors (Lipinski definition) is 3. The van der Waals surface area contributed by atoms with Crippen molar-refractivity contribution >= 4 is 22.9 Å². The van der Waals surface area contributed by atoms with Crippen LogP contribution in [-0.2, 0) is 0 Å². The molecule has 0 aromatic carbocycles. The van der Waals surface area contributed by atoms with E-state index in [4.69, 9.17) is 10.2 Å². The molecule has 2 rings (SSSR count). The van der Waals surface area contributed by atoms with Crippen LogP contribution in [0.2, 0.25) is 0 Å². The van der Waals surface area contributed by atoms with Crippen molar-refractivity contribution in [1.82, 2.24) is 10.2 Å². The minimum Gasteiger partial charge on any atom is -0.468 e. The summed E-state index contributed by atoms with van der Waals surface area (Å²) in [5, 5.41) is 3.00. The molecular weight excluding hydrogens is 332 g/mol. The van der Waals surface area contributed by atoms with E-state index in [1.807, 2.05) is 12.1 Å². The molecule has 118 valence electrons. The molecule has 1 aliphatic heterocycles. The molecule has 0 bridgehead atoms. The zero-order valence-electron chi connectivity index (χ0n) is 12.3. The van der Waals surface area contributed by atoms with Gasteiger partial charge in [0, 0.05) is 6.54 Å². The smallest absolute Gasteiger partial charge is 0.188 e. The maximum atomic E-state index is 5.83. The standard InChI is InChI=1S/C15H24N4O.BrH/c1-2-8-17-15(16)18-12-13(14-7-6-11-20-14)19-9-4-3-5-10-19;/h2,6-7,11,13H,1,3-5,8-10,12H2,(H3,16,17,18);1H. The van der Waals surface area contributed by atoms with Crippen LogP contribution in [0.4, 0.5) is 0 Å². The summed E-state index contributed by atoms with van der Waals surface area (Å²) >= 11 is 0. The second-order valence-corrected chi connectivity index (χ2v) is 5.02. The van der Waals surface area contributed by atoms with Gasteiger partial charge in [-0.2, -0.15) is 0 Å². The van der Waals surface area contributed by atoms with Gasteiger partial charge in [0.05, 0.1) is 18.8 Å². The Balaban J connectivity index is 0.00000220. The second kappa shape index (κ2) is 9.63. The van der Waals surface area contributed by atoms with Gasteiger partial charge >= 0.3 is 0 Å². The van der Waals surface area contributed by atoms with Crippen molar-refractivity contribution in [3.63, 3.8) is 0 Å². The third-order valence-electron chi connectivity index (χ3n) is 3.57. The van der Waals surface area contributed by atoms with Crippen molar-refractivity contribution in [2.24, 2.45) is 10.7 Å². The quantitative estimate of drug-likeness (QED) is 0.466. The Morgan fingerprint density at radius 2 is 2.24 bits per heavy atom. The zero-order valence-corrected chi connectivity index (χ0v) is 14.0. The van der Waals surface area contributed by atoms with E-state index in [1.54, 1.807) is 12.3 Å². The van der Waals surface area contributed by atoms with Crippen LogP contribution in [0.25, 0.3) is 0 Å². The highest BCUT2D eigenvalue weighted by Crippen LogP contribution is 2.25. The Morgan fingerprint density at radius 1 is 1.48 bits per heavy atom. The van der Waals surface area contributed by atoms with E-state index >= 15 is 0 Å². The summed E-state index contributed by atoms with van der Waals surface area (Å²) in [5.41, 5.74) is 5.83. The predicted molar refractivity (Wildman–Crippen MR) is 91.9 cm³/mol. The number of furan rings is 1. The van der Waals surface area contributed by atoms with Crippen LogP contribution in [0.15, 0.2) is 40.5 Å². The van der Waals surface area contributed by atoms with Gasteiger partial charge in [-0.25, -0.2) is 0 Å². The van der Waals surface area contributed by atoms with Crippen molar-refractivity contribution in [2.45, 2.75) is 25.3 Å². The lowest BCUT2D eigenvalue weighted by Gasteiger charge is -2.32. The molecule has 0 amide bonds. The summed E-state index contributed by atoms with van der Waals surface area (Å²) in [6.07, 6.45) is 7.27. The molecule has 1 aromatic heterocycles. The van der Waals surface area contributed by atoms with Gasteiger partial charge in [0.25, 0.3) is 0 Å². The normalized spacial score (nSPS) is 17.8. The highest BCUT2D eigenvalue weighted by atomic mass is 79.9. The number of likely N-dealkylation sites (tertiary alicyclic amines) is 1. The van der Waals surface area contributed by atoms with E-state index in [0.717, 1.165) is 18.8 Å². The van der Waals surface area contributed by atoms with Crippen LogP contribution in [0.5, 0.6) is 0 Å². The molecule has 21 heavy (non-hydrogen) atoms. The lowest BCUT2D eigenvalue weighted by atomic mass is 10.1. The molecule has 0 saturated carbocycles. The van der Waals surface area contributed by atoms with Gasteiger partial charge in [-0.3, -0.25) is 9.89 Å². The minimum atomic E-state index is 0. The highest BCUT2D eigenvalue weighted by molar-refractivity contribution is 8.93. The lowest BCUT2D eigenvalue weighted by molar-refractivity contribution is 0.150. The van der Waals surface area contributed by atoms with Crippen LogP contribution in [0.3, 0.4) is 0 Å². The third-order valence-corrected chi connectivity index (χ3v) is 3.57. The number of hydrogen-bond donors (Lipinski definition) is 2. The van der Waals surface area contributed by atoms with Gasteiger partial charge < -0.3 is 15.5 Å². The fourth-order valence-electron chi connectivity index (χ4n) is 2.51. The number of rotatable bonds is 6. The number of guanidine groups is 1. The Bertz CT molecular complexity index is 427. The summed E-state index contributed by atoms with van der Waals surface area (Å²) in [7, 11) is 0. The van der Waals surface area contributed by atoms with E-state index in [-0.39, 0.29) is 23.0 Å². The minimum absolute atomic E-state index is 0. The summed E-state index contributed by atoms with van der Waals surface area (Å²) in [6.45, 7) is 7.09. The molecule has 2 heterocycles. The first kappa shape index (κ1) is 17.8. The van der Waals surface area contributed by atoms with E-state index < -0.39 is 0 Å². The molecule has 1 unspecified atom stereocenters. The van der Waals surface area contributed by atoms with Crippen molar-refractivity contribution in [2.75, 3.05) is 26.2 Å². The van der Waals surface area contributed by atoms with Crippen molar-refractivity contribution in [3.05, 3.63) is 36.8 Å². The largest absolute Gasteiger partial charge is 0.468 e. The molecule has 0 radical (unpaired) electrons. The van der Waals surface area contributed by atoms with Crippen LogP contribution in [0, 0.1) is 0 Å². The summed E-state index contributed by atoms with van der Waals surface area (Å²) in [4.78, 5) is 6.86. The maximum Gasteiger partial charge on any atom is 0.188 e. The summed E-state index contributed by atoms with van der Waals surface area (Å²) in [5.74, 6) is 1.42. The molecule has 1 fully saturated rings. The average molecular weight is 357 g/mol. The molecular formula is C15H25BrN4O. The van der Waals surface area contributed by atoms with Crippen molar-refractivity contribution < 1.29 is 4.42 Å².